The molecule has 0 fully saturated rings. The highest BCUT2D eigenvalue weighted by Crippen LogP contribution is 2.42. The molecule has 21 heavy (non-hydrogen) atoms. The minimum Gasteiger partial charge on any atom is -0.496 e. The quantitative estimate of drug-likeness (QED) is 0.566. The molecule has 1 heterocycles. The number of fused-ring (bicyclic) bond motifs is 1. The number of unbranched alkanes of at least 4 members (excludes halogenated alkanes) is 1. The monoisotopic (exact) mass is 292 g/mol. The van der Waals surface area contributed by atoms with Crippen LogP contribution in [0.3, 0.4) is 0 Å². The third-order valence-electron chi connectivity index (χ3n) is 3.87. The SMILES string of the molecule is CCCCOc1c(CCC)c(OC)c(C)c2c1C(=O)OC2. The molecule has 0 amide bonds. The number of hydrogen-bond donors (Lipinski definition) is 0. The van der Waals surface area contributed by atoms with Crippen molar-refractivity contribution in [3.05, 3.63) is 22.3 Å². The highest BCUT2D eigenvalue weighted by Gasteiger charge is 2.32. The molecule has 0 radical (unpaired) electrons. The fourth-order valence-electron chi connectivity index (χ4n) is 2.78. The summed E-state index contributed by atoms with van der Waals surface area (Å²) in [5.74, 6) is 1.23. The van der Waals surface area contributed by atoms with Gasteiger partial charge in [0.05, 0.1) is 13.7 Å². The Morgan fingerprint density at radius 3 is 2.57 bits per heavy atom. The van der Waals surface area contributed by atoms with Crippen molar-refractivity contribution in [3.63, 3.8) is 0 Å². The van der Waals surface area contributed by atoms with Crippen molar-refractivity contribution in [1.29, 1.82) is 0 Å². The van der Waals surface area contributed by atoms with Gasteiger partial charge in [-0.05, 0) is 25.3 Å². The molecule has 1 aliphatic rings. The molecule has 4 nitrogen and oxygen atoms in total. The van der Waals surface area contributed by atoms with E-state index in [0.717, 1.165) is 48.1 Å². The Morgan fingerprint density at radius 1 is 1.19 bits per heavy atom. The van der Waals surface area contributed by atoms with Crippen molar-refractivity contribution in [1.82, 2.24) is 0 Å². The predicted molar refractivity (Wildman–Crippen MR) is 81.2 cm³/mol. The van der Waals surface area contributed by atoms with E-state index < -0.39 is 0 Å². The number of methoxy groups -OCH3 is 1. The molecule has 0 aliphatic carbocycles. The first kappa shape index (κ1) is 15.7. The largest absolute Gasteiger partial charge is 0.496 e. The van der Waals surface area contributed by atoms with Gasteiger partial charge in [0.25, 0.3) is 0 Å². The molecule has 4 heteroatoms. The number of benzene rings is 1. The van der Waals surface area contributed by atoms with Gasteiger partial charge in [0.2, 0.25) is 0 Å². The minimum atomic E-state index is -0.278. The first-order chi connectivity index (χ1) is 10.2. The lowest BCUT2D eigenvalue weighted by atomic mass is 9.95. The maximum atomic E-state index is 12.1. The zero-order valence-corrected chi connectivity index (χ0v) is 13.4. The van der Waals surface area contributed by atoms with Crippen LogP contribution < -0.4 is 9.47 Å². The first-order valence-electron chi connectivity index (χ1n) is 7.67. The van der Waals surface area contributed by atoms with Crippen molar-refractivity contribution in [2.45, 2.75) is 53.1 Å². The summed E-state index contributed by atoms with van der Waals surface area (Å²) in [6.45, 7) is 7.13. The van der Waals surface area contributed by atoms with Gasteiger partial charge < -0.3 is 14.2 Å². The molecule has 0 saturated carbocycles. The van der Waals surface area contributed by atoms with Crippen LogP contribution in [0.2, 0.25) is 0 Å². The van der Waals surface area contributed by atoms with Gasteiger partial charge in [-0.2, -0.15) is 0 Å². The lowest BCUT2D eigenvalue weighted by Gasteiger charge is -2.19. The lowest BCUT2D eigenvalue weighted by molar-refractivity contribution is 0.0532. The Balaban J connectivity index is 2.56. The fraction of sp³-hybridized carbons (Fsp3) is 0.588. The molecular formula is C17H24O4. The molecule has 0 bridgehead atoms. The van der Waals surface area contributed by atoms with Gasteiger partial charge in [-0.3, -0.25) is 0 Å². The molecular weight excluding hydrogens is 268 g/mol. The van der Waals surface area contributed by atoms with Gasteiger partial charge in [0.1, 0.15) is 23.7 Å². The van der Waals surface area contributed by atoms with Gasteiger partial charge in [-0.15, -0.1) is 0 Å². The van der Waals surface area contributed by atoms with Crippen LogP contribution in [-0.2, 0) is 17.8 Å². The zero-order valence-electron chi connectivity index (χ0n) is 13.4. The van der Waals surface area contributed by atoms with Crippen LogP contribution in [-0.4, -0.2) is 19.7 Å². The van der Waals surface area contributed by atoms with Gasteiger partial charge in [-0.1, -0.05) is 26.7 Å². The second-order valence-corrected chi connectivity index (χ2v) is 5.35. The van der Waals surface area contributed by atoms with Crippen LogP contribution >= 0.6 is 0 Å². The average Bonchev–Trinajstić information content (AvgIpc) is 2.85. The number of cyclic esters (lactones) is 1. The van der Waals surface area contributed by atoms with Crippen molar-refractivity contribution in [2.24, 2.45) is 0 Å². The van der Waals surface area contributed by atoms with E-state index in [2.05, 4.69) is 13.8 Å². The maximum absolute atomic E-state index is 12.1. The van der Waals surface area contributed by atoms with Crippen LogP contribution in [0, 0.1) is 6.92 Å². The molecule has 1 aliphatic heterocycles. The maximum Gasteiger partial charge on any atom is 0.342 e. The second-order valence-electron chi connectivity index (χ2n) is 5.35. The number of rotatable bonds is 7. The van der Waals surface area contributed by atoms with Crippen LogP contribution in [0.5, 0.6) is 11.5 Å². The molecule has 1 aromatic carbocycles. The lowest BCUT2D eigenvalue weighted by Crippen LogP contribution is -2.09. The normalized spacial score (nSPS) is 13.0. The Labute approximate surface area is 126 Å². The molecule has 0 atom stereocenters. The zero-order chi connectivity index (χ0) is 15.4. The van der Waals surface area contributed by atoms with Crippen molar-refractivity contribution >= 4 is 5.97 Å². The number of carbonyl (C=O) groups excluding carboxylic acids is 1. The summed E-state index contributed by atoms with van der Waals surface area (Å²) in [5.41, 5.74) is 3.49. The Bertz CT molecular complexity index is 534. The van der Waals surface area contributed by atoms with E-state index >= 15 is 0 Å². The van der Waals surface area contributed by atoms with Crippen LogP contribution in [0.25, 0.3) is 0 Å². The van der Waals surface area contributed by atoms with Crippen LogP contribution in [0.4, 0.5) is 0 Å². The highest BCUT2D eigenvalue weighted by molar-refractivity contribution is 5.98. The molecule has 2 rings (SSSR count). The van der Waals surface area contributed by atoms with Gasteiger partial charge >= 0.3 is 5.97 Å². The second kappa shape index (κ2) is 6.83. The molecule has 1 aromatic rings. The Kier molecular flexibility index (Phi) is 5.10. The van der Waals surface area contributed by atoms with Gasteiger partial charge in [0.15, 0.2) is 0 Å². The van der Waals surface area contributed by atoms with Crippen molar-refractivity contribution in [3.8, 4) is 11.5 Å². The van der Waals surface area contributed by atoms with E-state index in [1.807, 2.05) is 6.92 Å². The van der Waals surface area contributed by atoms with E-state index in [9.17, 15) is 4.79 Å². The van der Waals surface area contributed by atoms with E-state index in [1.54, 1.807) is 7.11 Å². The molecule has 0 unspecified atom stereocenters. The summed E-state index contributed by atoms with van der Waals surface area (Å²) in [7, 11) is 1.67. The topological polar surface area (TPSA) is 44.8 Å². The predicted octanol–water partition coefficient (Wildman–Crippen LogP) is 3.81. The van der Waals surface area contributed by atoms with Gasteiger partial charge in [0, 0.05) is 11.1 Å². The van der Waals surface area contributed by atoms with E-state index in [0.29, 0.717) is 24.5 Å². The third kappa shape index (κ3) is 2.85. The Morgan fingerprint density at radius 2 is 1.95 bits per heavy atom. The molecule has 0 saturated heterocycles. The van der Waals surface area contributed by atoms with Crippen molar-refractivity contribution in [2.75, 3.05) is 13.7 Å². The molecule has 116 valence electrons. The summed E-state index contributed by atoms with van der Waals surface area (Å²) in [5, 5.41) is 0. The van der Waals surface area contributed by atoms with Crippen LogP contribution in [0.15, 0.2) is 0 Å². The van der Waals surface area contributed by atoms with Crippen molar-refractivity contribution < 1.29 is 19.0 Å². The van der Waals surface area contributed by atoms with Crippen LogP contribution in [0.1, 0.15) is 60.2 Å². The third-order valence-corrected chi connectivity index (χ3v) is 3.87. The summed E-state index contributed by atoms with van der Waals surface area (Å²) in [4.78, 5) is 12.1. The first-order valence-corrected chi connectivity index (χ1v) is 7.67. The summed E-state index contributed by atoms with van der Waals surface area (Å²) in [6.07, 6.45) is 3.81. The number of ether oxygens (including phenoxy) is 3. The summed E-state index contributed by atoms with van der Waals surface area (Å²) >= 11 is 0. The number of hydrogen-bond acceptors (Lipinski definition) is 4. The van der Waals surface area contributed by atoms with E-state index in [1.165, 1.54) is 0 Å². The van der Waals surface area contributed by atoms with E-state index in [-0.39, 0.29) is 5.97 Å². The summed E-state index contributed by atoms with van der Waals surface area (Å²) < 4.78 is 16.8. The fourth-order valence-corrected chi connectivity index (χ4v) is 2.78. The summed E-state index contributed by atoms with van der Waals surface area (Å²) in [6, 6.07) is 0. The highest BCUT2D eigenvalue weighted by atomic mass is 16.5. The molecule has 0 N–H and O–H groups in total. The number of carbonyl (C=O) groups is 1. The average molecular weight is 292 g/mol. The minimum absolute atomic E-state index is 0.278. The Hall–Kier alpha value is -1.71. The van der Waals surface area contributed by atoms with Gasteiger partial charge in [-0.25, -0.2) is 4.79 Å². The molecule has 0 spiro atoms. The molecule has 0 aromatic heterocycles. The smallest absolute Gasteiger partial charge is 0.342 e. The standard InChI is InChI=1S/C17H24O4/c1-5-7-9-20-16-12(8-6-2)15(19-4)11(3)13-10-21-17(18)14(13)16/h5-10H2,1-4H3. The number of esters is 1. The van der Waals surface area contributed by atoms with E-state index in [4.69, 9.17) is 14.2 Å².